The fourth-order valence-corrected chi connectivity index (χ4v) is 2.53. The molecule has 1 fully saturated rings. The SMILES string of the molecule is CN1CCN(C2c3ccc(C#N)cc32)CC1. The first-order valence-electron chi connectivity index (χ1n) is 5.76. The smallest absolute Gasteiger partial charge is 0.0991 e. The zero-order chi connectivity index (χ0) is 11.1. The summed E-state index contributed by atoms with van der Waals surface area (Å²) in [5.74, 6) is 0. The van der Waals surface area contributed by atoms with Crippen LogP contribution in [0, 0.1) is 11.3 Å². The molecular weight excluding hydrogens is 198 g/mol. The maximum atomic E-state index is 8.85. The van der Waals surface area contributed by atoms with E-state index in [9.17, 15) is 0 Å². The molecule has 0 radical (unpaired) electrons. The number of nitrogens with zero attached hydrogens (tertiary/aromatic N) is 3. The van der Waals surface area contributed by atoms with Gasteiger partial charge in [-0.25, -0.2) is 0 Å². The molecule has 1 saturated heterocycles. The van der Waals surface area contributed by atoms with Gasteiger partial charge in [-0.15, -0.1) is 0 Å². The number of likely N-dealkylation sites (N-methyl/N-ethyl adjacent to an activating group) is 1. The fourth-order valence-electron chi connectivity index (χ4n) is 2.53. The Morgan fingerprint density at radius 2 is 1.94 bits per heavy atom. The van der Waals surface area contributed by atoms with Gasteiger partial charge in [0.15, 0.2) is 0 Å². The second-order valence-electron chi connectivity index (χ2n) is 4.70. The summed E-state index contributed by atoms with van der Waals surface area (Å²) in [7, 11) is 2.17. The number of hydrogen-bond donors (Lipinski definition) is 0. The van der Waals surface area contributed by atoms with E-state index in [1.807, 2.05) is 12.1 Å². The van der Waals surface area contributed by atoms with E-state index in [4.69, 9.17) is 5.26 Å². The van der Waals surface area contributed by atoms with Gasteiger partial charge in [0.1, 0.15) is 0 Å². The number of piperazine rings is 1. The van der Waals surface area contributed by atoms with Crippen LogP contribution >= 0.6 is 0 Å². The number of rotatable bonds is 1. The zero-order valence-corrected chi connectivity index (χ0v) is 9.48. The van der Waals surface area contributed by atoms with Crippen LogP contribution in [-0.2, 0) is 0 Å². The Kier molecular flexibility index (Phi) is 2.20. The molecule has 3 heteroatoms. The molecule has 3 rings (SSSR count). The molecule has 1 aromatic carbocycles. The second kappa shape index (κ2) is 3.58. The summed E-state index contributed by atoms with van der Waals surface area (Å²) in [5, 5.41) is 8.85. The summed E-state index contributed by atoms with van der Waals surface area (Å²) in [6.07, 6.45) is 0. The predicted molar refractivity (Wildman–Crippen MR) is 62.1 cm³/mol. The first kappa shape index (κ1) is 9.83. The third kappa shape index (κ3) is 1.51. The van der Waals surface area contributed by atoms with E-state index in [0.29, 0.717) is 6.04 Å². The van der Waals surface area contributed by atoms with E-state index in [1.54, 1.807) is 0 Å². The summed E-state index contributed by atoms with van der Waals surface area (Å²) >= 11 is 0. The molecule has 0 spiro atoms. The molecule has 0 aromatic heterocycles. The molecule has 82 valence electrons. The van der Waals surface area contributed by atoms with Gasteiger partial charge in [-0.1, -0.05) is 6.07 Å². The molecule has 1 atom stereocenters. The van der Waals surface area contributed by atoms with E-state index < -0.39 is 0 Å². The largest absolute Gasteiger partial charge is 0.304 e. The number of benzene rings is 1. The number of hydrogen-bond acceptors (Lipinski definition) is 3. The van der Waals surface area contributed by atoms with E-state index >= 15 is 0 Å². The third-order valence-corrected chi connectivity index (χ3v) is 3.62. The molecule has 0 amide bonds. The van der Waals surface area contributed by atoms with Crippen molar-refractivity contribution in [2.45, 2.75) is 6.04 Å². The van der Waals surface area contributed by atoms with Crippen molar-refractivity contribution < 1.29 is 0 Å². The standard InChI is InChI=1S/C13H15N3/c1-15-4-6-16(7-5-15)13-11-3-2-10(9-14)8-12(11)13/h2-3,8,13H,4-7H2,1H3. The maximum Gasteiger partial charge on any atom is 0.0991 e. The Morgan fingerprint density at radius 1 is 1.19 bits per heavy atom. The maximum absolute atomic E-state index is 8.85. The third-order valence-electron chi connectivity index (χ3n) is 3.62. The monoisotopic (exact) mass is 213 g/mol. The highest BCUT2D eigenvalue weighted by Gasteiger charge is 2.38. The highest BCUT2D eigenvalue weighted by Crippen LogP contribution is 2.46. The number of fused-ring (bicyclic) bond motifs is 1. The Labute approximate surface area is 95.9 Å². The minimum Gasteiger partial charge on any atom is -0.304 e. The normalized spacial score (nSPS) is 24.9. The lowest BCUT2D eigenvalue weighted by Gasteiger charge is -2.32. The summed E-state index contributed by atoms with van der Waals surface area (Å²) < 4.78 is 0. The molecule has 1 aromatic rings. The number of nitriles is 1. The van der Waals surface area contributed by atoms with Gasteiger partial charge < -0.3 is 4.90 Å². The molecule has 3 nitrogen and oxygen atoms in total. The first-order chi connectivity index (χ1) is 7.79. The van der Waals surface area contributed by atoms with Crippen LogP contribution in [0.2, 0.25) is 0 Å². The average molecular weight is 213 g/mol. The van der Waals surface area contributed by atoms with Gasteiger partial charge in [0.25, 0.3) is 0 Å². The van der Waals surface area contributed by atoms with Crippen LogP contribution in [0.4, 0.5) is 0 Å². The fraction of sp³-hybridized carbons (Fsp3) is 0.462. The summed E-state index contributed by atoms with van der Waals surface area (Å²) in [5.41, 5.74) is 3.57. The van der Waals surface area contributed by atoms with Crippen molar-refractivity contribution in [3.8, 4) is 6.07 Å². The Hall–Kier alpha value is -1.37. The topological polar surface area (TPSA) is 30.3 Å². The van der Waals surface area contributed by atoms with Crippen molar-refractivity contribution in [1.82, 2.24) is 9.80 Å². The zero-order valence-electron chi connectivity index (χ0n) is 9.48. The molecule has 2 aliphatic rings. The van der Waals surface area contributed by atoms with Crippen LogP contribution in [0.15, 0.2) is 18.2 Å². The second-order valence-corrected chi connectivity index (χ2v) is 4.70. The van der Waals surface area contributed by atoms with Crippen LogP contribution in [0.1, 0.15) is 22.7 Å². The lowest BCUT2D eigenvalue weighted by Crippen LogP contribution is -2.43. The van der Waals surface area contributed by atoms with Crippen molar-refractivity contribution in [1.29, 1.82) is 5.26 Å². The minimum absolute atomic E-state index is 0.510. The van der Waals surface area contributed by atoms with Gasteiger partial charge in [-0.05, 0) is 30.3 Å². The highest BCUT2D eigenvalue weighted by atomic mass is 15.3. The predicted octanol–water partition coefficient (Wildman–Crippen LogP) is 1.21. The van der Waals surface area contributed by atoms with Crippen molar-refractivity contribution in [3.05, 3.63) is 34.9 Å². The van der Waals surface area contributed by atoms with Gasteiger partial charge in [0.2, 0.25) is 0 Å². The molecular formula is C13H15N3. The molecule has 16 heavy (non-hydrogen) atoms. The summed E-state index contributed by atoms with van der Waals surface area (Å²) in [6.45, 7) is 4.57. The Morgan fingerprint density at radius 3 is 2.62 bits per heavy atom. The van der Waals surface area contributed by atoms with Crippen molar-refractivity contribution in [2.24, 2.45) is 0 Å². The lowest BCUT2D eigenvalue weighted by atomic mass is 10.2. The van der Waals surface area contributed by atoms with E-state index in [2.05, 4.69) is 29.0 Å². The van der Waals surface area contributed by atoms with Crippen LogP contribution in [0.3, 0.4) is 0 Å². The highest BCUT2D eigenvalue weighted by molar-refractivity contribution is 5.55. The minimum atomic E-state index is 0.510. The molecule has 1 aliphatic carbocycles. The first-order valence-corrected chi connectivity index (χ1v) is 5.76. The quantitative estimate of drug-likeness (QED) is 0.702. The van der Waals surface area contributed by atoms with E-state index in [1.165, 1.54) is 11.1 Å². The van der Waals surface area contributed by atoms with Crippen molar-refractivity contribution in [3.63, 3.8) is 0 Å². The van der Waals surface area contributed by atoms with Gasteiger partial charge in [-0.3, -0.25) is 4.90 Å². The molecule has 1 unspecified atom stereocenters. The summed E-state index contributed by atoms with van der Waals surface area (Å²) in [6, 6.07) is 8.79. The van der Waals surface area contributed by atoms with Gasteiger partial charge in [0, 0.05) is 26.2 Å². The van der Waals surface area contributed by atoms with E-state index in [-0.39, 0.29) is 0 Å². The molecule has 0 bridgehead atoms. The van der Waals surface area contributed by atoms with E-state index in [0.717, 1.165) is 31.7 Å². The average Bonchev–Trinajstić information content (AvgIpc) is 3.03. The van der Waals surface area contributed by atoms with Gasteiger partial charge in [-0.2, -0.15) is 5.26 Å². The van der Waals surface area contributed by atoms with Crippen LogP contribution in [-0.4, -0.2) is 43.0 Å². The molecule has 0 N–H and O–H groups in total. The van der Waals surface area contributed by atoms with Crippen LogP contribution < -0.4 is 0 Å². The molecule has 1 heterocycles. The van der Waals surface area contributed by atoms with Crippen LogP contribution in [0.5, 0.6) is 0 Å². The Balaban J connectivity index is 1.74. The van der Waals surface area contributed by atoms with Crippen molar-refractivity contribution >= 4 is 0 Å². The molecule has 0 saturated carbocycles. The summed E-state index contributed by atoms with van der Waals surface area (Å²) in [4.78, 5) is 4.88. The molecule has 1 aliphatic heterocycles. The van der Waals surface area contributed by atoms with Crippen molar-refractivity contribution in [2.75, 3.05) is 33.2 Å². The van der Waals surface area contributed by atoms with Gasteiger partial charge >= 0.3 is 0 Å². The Bertz CT molecular complexity index is 453. The van der Waals surface area contributed by atoms with Gasteiger partial charge in [0.05, 0.1) is 17.7 Å². The lowest BCUT2D eigenvalue weighted by molar-refractivity contribution is 0.143. The van der Waals surface area contributed by atoms with Crippen LogP contribution in [0.25, 0.3) is 0 Å².